The molecule has 0 fully saturated rings. The second-order valence-electron chi connectivity index (χ2n) is 14.1. The third-order valence-corrected chi connectivity index (χ3v) is 12.3. The summed E-state index contributed by atoms with van der Waals surface area (Å²) in [6.07, 6.45) is 0. The van der Waals surface area contributed by atoms with Gasteiger partial charge in [-0.2, -0.15) is 0 Å². The van der Waals surface area contributed by atoms with E-state index in [4.69, 9.17) is 9.97 Å². The molecule has 4 aromatic heterocycles. The molecule has 0 bridgehead atoms. The van der Waals surface area contributed by atoms with E-state index < -0.39 is 0 Å². The first-order chi connectivity index (χ1) is 27.3. The van der Waals surface area contributed by atoms with Gasteiger partial charge in [-0.15, -0.1) is 11.3 Å². The Morgan fingerprint density at radius 3 is 1.67 bits per heavy atom. The monoisotopic (exact) mass is 718 g/mol. The first-order valence-corrected chi connectivity index (χ1v) is 19.4. The molecule has 0 N–H and O–H groups in total. The maximum Gasteiger partial charge on any atom is 0.160 e. The molecule has 0 aliphatic carbocycles. The largest absolute Gasteiger partial charge is 0.309 e. The molecule has 0 saturated heterocycles. The fourth-order valence-corrected chi connectivity index (χ4v) is 10.0. The predicted molar refractivity (Wildman–Crippen MR) is 232 cm³/mol. The molecule has 4 nitrogen and oxygen atoms in total. The number of hydrogen-bond acceptors (Lipinski definition) is 3. The first-order valence-electron chi connectivity index (χ1n) is 18.6. The quantitative estimate of drug-likeness (QED) is 0.182. The van der Waals surface area contributed by atoms with Crippen molar-refractivity contribution in [3.8, 4) is 34.0 Å². The van der Waals surface area contributed by atoms with Gasteiger partial charge in [-0.05, 0) is 48.5 Å². The van der Waals surface area contributed by atoms with E-state index in [2.05, 4.69) is 173 Å². The molecule has 0 radical (unpaired) electrons. The Morgan fingerprint density at radius 1 is 0.400 bits per heavy atom. The lowest BCUT2D eigenvalue weighted by Gasteiger charge is -2.14. The van der Waals surface area contributed by atoms with Crippen molar-refractivity contribution in [3.05, 3.63) is 182 Å². The molecule has 0 saturated carbocycles. The maximum atomic E-state index is 5.26. The van der Waals surface area contributed by atoms with Crippen molar-refractivity contribution >= 4 is 86.0 Å². The standard InChI is InChI=1S/C50H30N4S/c1-4-16-31(17-5-1)46-38-30-34(28-29-39(38)51-50(52-46)32-18-6-2-7-19-32)54-41-26-14-10-22-35(41)43-44-36-23-11-13-25-40(36)53(33-20-8-3-9-21-33)48(44)49-45(47(43)54)37-24-12-15-27-42(37)55-49/h1-30H. The summed E-state index contributed by atoms with van der Waals surface area (Å²) in [5.41, 5.74) is 11.0. The molecular formula is C50H30N4S. The van der Waals surface area contributed by atoms with E-state index in [0.29, 0.717) is 0 Å². The zero-order valence-electron chi connectivity index (χ0n) is 29.5. The molecule has 5 heteroatoms. The molecular weight excluding hydrogens is 689 g/mol. The van der Waals surface area contributed by atoms with E-state index in [1.54, 1.807) is 0 Å². The van der Waals surface area contributed by atoms with Gasteiger partial charge in [0.1, 0.15) is 0 Å². The highest BCUT2D eigenvalue weighted by Gasteiger charge is 2.27. The Labute approximate surface area is 319 Å². The van der Waals surface area contributed by atoms with Gasteiger partial charge < -0.3 is 9.13 Å². The molecule has 4 heterocycles. The maximum absolute atomic E-state index is 5.26. The average Bonchev–Trinajstić information content (AvgIpc) is 3.92. The Hall–Kier alpha value is -7.08. The third-order valence-electron chi connectivity index (χ3n) is 11.1. The van der Waals surface area contributed by atoms with E-state index >= 15 is 0 Å². The van der Waals surface area contributed by atoms with Crippen LogP contribution in [-0.2, 0) is 0 Å². The smallest absolute Gasteiger partial charge is 0.160 e. The van der Waals surface area contributed by atoms with Crippen LogP contribution in [0.1, 0.15) is 0 Å². The zero-order chi connectivity index (χ0) is 36.0. The molecule has 0 aliphatic heterocycles. The van der Waals surface area contributed by atoms with Gasteiger partial charge in [-0.1, -0.05) is 133 Å². The van der Waals surface area contributed by atoms with E-state index in [1.807, 2.05) is 29.5 Å². The van der Waals surface area contributed by atoms with Gasteiger partial charge in [-0.25, -0.2) is 9.97 Å². The summed E-state index contributed by atoms with van der Waals surface area (Å²) in [4.78, 5) is 10.4. The topological polar surface area (TPSA) is 35.6 Å². The van der Waals surface area contributed by atoms with Crippen molar-refractivity contribution in [2.75, 3.05) is 0 Å². The Morgan fingerprint density at radius 2 is 0.964 bits per heavy atom. The van der Waals surface area contributed by atoms with Gasteiger partial charge in [0.2, 0.25) is 0 Å². The molecule has 8 aromatic carbocycles. The van der Waals surface area contributed by atoms with Gasteiger partial charge in [0.05, 0.1) is 38.0 Å². The van der Waals surface area contributed by atoms with E-state index in [-0.39, 0.29) is 0 Å². The summed E-state index contributed by atoms with van der Waals surface area (Å²) in [7, 11) is 0. The van der Waals surface area contributed by atoms with Crippen LogP contribution in [0.4, 0.5) is 0 Å². The highest BCUT2D eigenvalue weighted by atomic mass is 32.1. The molecule has 0 atom stereocenters. The van der Waals surface area contributed by atoms with Gasteiger partial charge in [0.25, 0.3) is 0 Å². The van der Waals surface area contributed by atoms with E-state index in [9.17, 15) is 0 Å². The average molecular weight is 719 g/mol. The molecule has 0 amide bonds. The van der Waals surface area contributed by atoms with Crippen molar-refractivity contribution in [2.45, 2.75) is 0 Å². The summed E-state index contributed by atoms with van der Waals surface area (Å²) in [6, 6.07) is 65.0. The van der Waals surface area contributed by atoms with Crippen LogP contribution in [0.25, 0.3) is 109 Å². The first kappa shape index (κ1) is 30.4. The molecule has 12 rings (SSSR count). The number of hydrogen-bond donors (Lipinski definition) is 0. The number of para-hydroxylation sites is 3. The van der Waals surface area contributed by atoms with Crippen molar-refractivity contribution in [1.82, 2.24) is 19.1 Å². The van der Waals surface area contributed by atoms with Crippen LogP contribution in [0.3, 0.4) is 0 Å². The second kappa shape index (κ2) is 11.7. The fourth-order valence-electron chi connectivity index (χ4n) is 8.79. The van der Waals surface area contributed by atoms with Crippen molar-refractivity contribution < 1.29 is 0 Å². The number of thiophene rings is 1. The number of rotatable bonds is 4. The lowest BCUT2D eigenvalue weighted by atomic mass is 10.0. The Balaban J connectivity index is 1.27. The Kier molecular flexibility index (Phi) is 6.47. The summed E-state index contributed by atoms with van der Waals surface area (Å²) in [6.45, 7) is 0. The van der Waals surface area contributed by atoms with Crippen LogP contribution in [-0.4, -0.2) is 19.1 Å². The van der Waals surface area contributed by atoms with Crippen LogP contribution in [0.2, 0.25) is 0 Å². The van der Waals surface area contributed by atoms with Crippen LogP contribution < -0.4 is 0 Å². The van der Waals surface area contributed by atoms with Crippen molar-refractivity contribution in [1.29, 1.82) is 0 Å². The highest BCUT2D eigenvalue weighted by Crippen LogP contribution is 2.51. The minimum absolute atomic E-state index is 0.722. The molecule has 256 valence electrons. The minimum atomic E-state index is 0.722. The minimum Gasteiger partial charge on any atom is -0.309 e. The van der Waals surface area contributed by atoms with Crippen LogP contribution in [0, 0.1) is 0 Å². The summed E-state index contributed by atoms with van der Waals surface area (Å²) >= 11 is 1.89. The molecule has 12 aromatic rings. The molecule has 0 unspecified atom stereocenters. The van der Waals surface area contributed by atoms with Gasteiger partial charge in [0.15, 0.2) is 5.82 Å². The van der Waals surface area contributed by atoms with E-state index in [0.717, 1.165) is 44.9 Å². The summed E-state index contributed by atoms with van der Waals surface area (Å²) < 4.78 is 7.55. The summed E-state index contributed by atoms with van der Waals surface area (Å²) in [5.74, 6) is 0.722. The van der Waals surface area contributed by atoms with Crippen LogP contribution in [0.15, 0.2) is 182 Å². The highest BCUT2D eigenvalue weighted by molar-refractivity contribution is 7.27. The van der Waals surface area contributed by atoms with Gasteiger partial charge in [0, 0.05) is 64.9 Å². The lowest BCUT2D eigenvalue weighted by molar-refractivity contribution is 1.18. The lowest BCUT2D eigenvalue weighted by Crippen LogP contribution is -1.99. The zero-order valence-corrected chi connectivity index (χ0v) is 30.3. The fraction of sp³-hybridized carbons (Fsp3) is 0. The predicted octanol–water partition coefficient (Wildman–Crippen LogP) is 13.5. The van der Waals surface area contributed by atoms with Gasteiger partial charge >= 0.3 is 0 Å². The number of nitrogens with zero attached hydrogens (tertiary/aromatic N) is 4. The number of aromatic nitrogens is 4. The second-order valence-corrected chi connectivity index (χ2v) is 15.2. The Bertz CT molecular complexity index is 3470. The molecule has 0 aliphatic rings. The van der Waals surface area contributed by atoms with Crippen molar-refractivity contribution in [2.24, 2.45) is 0 Å². The third kappa shape index (κ3) is 4.39. The SMILES string of the molecule is c1ccc(-c2nc(-c3ccccc3)c3cc(-n4c5ccccc5c5c6c7ccccc7n(-c7ccccc7)c6c6sc7ccccc7c6c54)ccc3n2)cc1. The normalized spacial score (nSPS) is 12.0. The van der Waals surface area contributed by atoms with Crippen LogP contribution in [0.5, 0.6) is 0 Å². The molecule has 0 spiro atoms. The number of fused-ring (bicyclic) bond motifs is 13. The van der Waals surface area contributed by atoms with Crippen molar-refractivity contribution in [3.63, 3.8) is 0 Å². The number of benzene rings is 8. The summed E-state index contributed by atoms with van der Waals surface area (Å²) in [5, 5.41) is 8.59. The van der Waals surface area contributed by atoms with Crippen LogP contribution >= 0.6 is 11.3 Å². The van der Waals surface area contributed by atoms with E-state index in [1.165, 1.54) is 63.8 Å². The molecule has 55 heavy (non-hydrogen) atoms. The van der Waals surface area contributed by atoms with Gasteiger partial charge in [-0.3, -0.25) is 0 Å².